The molecule has 2 aliphatic rings. The largest absolute Gasteiger partial charge is 0.489 e. The zero-order valence-electron chi connectivity index (χ0n) is 9.57. The van der Waals surface area contributed by atoms with Crippen LogP contribution < -0.4 is 9.64 Å². The van der Waals surface area contributed by atoms with Crippen LogP contribution in [0.5, 0.6) is 5.75 Å². The molecule has 0 bridgehead atoms. The van der Waals surface area contributed by atoms with E-state index in [9.17, 15) is 9.59 Å². The molecule has 1 N–H and O–H groups in total. The summed E-state index contributed by atoms with van der Waals surface area (Å²) in [4.78, 5) is 25.8. The van der Waals surface area contributed by atoms with E-state index in [0.29, 0.717) is 24.6 Å². The van der Waals surface area contributed by atoms with Gasteiger partial charge >= 0.3 is 12.0 Å². The number of benzene rings is 1. The highest BCUT2D eigenvalue weighted by Crippen LogP contribution is 2.36. The van der Waals surface area contributed by atoms with Crippen molar-refractivity contribution >= 4 is 17.7 Å². The average Bonchev–Trinajstić information content (AvgIpc) is 2.66. The molecule has 2 heterocycles. The lowest BCUT2D eigenvalue weighted by atomic mass is 10.2. The Balaban J connectivity index is 1.92. The molecule has 0 aliphatic carbocycles. The first kappa shape index (κ1) is 10.9. The van der Waals surface area contributed by atoms with Gasteiger partial charge in [-0.05, 0) is 12.1 Å². The number of urea groups is 1. The molecular formula is C12H12N2O4. The van der Waals surface area contributed by atoms with Crippen molar-refractivity contribution in [1.82, 2.24) is 4.90 Å². The molecule has 6 nitrogen and oxygen atoms in total. The normalized spacial score (nSPS) is 21.3. The second kappa shape index (κ2) is 3.90. The van der Waals surface area contributed by atoms with Gasteiger partial charge in [0.1, 0.15) is 18.9 Å². The lowest BCUT2D eigenvalue weighted by molar-refractivity contribution is -0.137. The van der Waals surface area contributed by atoms with E-state index in [0.717, 1.165) is 0 Å². The zero-order chi connectivity index (χ0) is 12.7. The molecule has 0 aromatic heterocycles. The predicted octanol–water partition coefficient (Wildman–Crippen LogP) is 0.774. The van der Waals surface area contributed by atoms with Crippen molar-refractivity contribution in [3.05, 3.63) is 24.3 Å². The highest BCUT2D eigenvalue weighted by molar-refractivity contribution is 5.98. The summed E-state index contributed by atoms with van der Waals surface area (Å²) < 4.78 is 5.57. The Morgan fingerprint density at radius 1 is 1.44 bits per heavy atom. The van der Waals surface area contributed by atoms with E-state index >= 15 is 0 Å². The number of carboxylic acid groups (broad SMARTS) is 1. The maximum atomic E-state index is 12.2. The average molecular weight is 248 g/mol. The number of amides is 2. The van der Waals surface area contributed by atoms with E-state index < -0.39 is 5.97 Å². The number of aliphatic carboxylic acids is 1. The lowest BCUT2D eigenvalue weighted by Gasteiger charge is -2.30. The summed E-state index contributed by atoms with van der Waals surface area (Å²) in [5, 5.41) is 8.78. The predicted molar refractivity (Wildman–Crippen MR) is 62.8 cm³/mol. The van der Waals surface area contributed by atoms with E-state index in [1.807, 2.05) is 18.2 Å². The monoisotopic (exact) mass is 248 g/mol. The van der Waals surface area contributed by atoms with Gasteiger partial charge in [0, 0.05) is 6.54 Å². The second-order valence-corrected chi connectivity index (χ2v) is 4.36. The Hall–Kier alpha value is -2.24. The summed E-state index contributed by atoms with van der Waals surface area (Å²) in [6.45, 7) is 0.520. The van der Waals surface area contributed by atoms with Gasteiger partial charge in [-0.25, -0.2) is 4.79 Å². The summed E-state index contributed by atoms with van der Waals surface area (Å²) in [5.74, 6) is -0.336. The Kier molecular flexibility index (Phi) is 2.36. The van der Waals surface area contributed by atoms with Gasteiger partial charge in [-0.1, -0.05) is 12.1 Å². The van der Waals surface area contributed by atoms with Crippen molar-refractivity contribution < 1.29 is 19.4 Å². The van der Waals surface area contributed by atoms with E-state index in [2.05, 4.69) is 0 Å². The summed E-state index contributed by atoms with van der Waals surface area (Å²) in [6.07, 6.45) is 0. The molecule has 2 amide bonds. The molecule has 18 heavy (non-hydrogen) atoms. The fourth-order valence-electron chi connectivity index (χ4n) is 2.41. The van der Waals surface area contributed by atoms with Gasteiger partial charge in [-0.3, -0.25) is 9.69 Å². The Labute approximate surface area is 103 Å². The summed E-state index contributed by atoms with van der Waals surface area (Å²) in [5.41, 5.74) is 0.714. The lowest BCUT2D eigenvalue weighted by Crippen LogP contribution is -2.41. The molecule has 0 saturated carbocycles. The van der Waals surface area contributed by atoms with Gasteiger partial charge in [-0.2, -0.15) is 0 Å². The van der Waals surface area contributed by atoms with E-state index in [1.54, 1.807) is 11.0 Å². The molecule has 6 heteroatoms. The molecule has 1 atom stereocenters. The number of nitrogens with zero attached hydrogens (tertiary/aromatic N) is 2. The van der Waals surface area contributed by atoms with E-state index in [4.69, 9.17) is 9.84 Å². The van der Waals surface area contributed by atoms with Gasteiger partial charge in [0.15, 0.2) is 0 Å². The maximum absolute atomic E-state index is 12.2. The number of para-hydroxylation sites is 2. The summed E-state index contributed by atoms with van der Waals surface area (Å²) >= 11 is 0. The standard InChI is InChI=1S/C12H12N2O4/c15-11(16)6-13-5-8-7-18-10-4-2-1-3-9(10)14(8)12(13)17/h1-4,8H,5-7H2,(H,15,16). The number of hydrogen-bond donors (Lipinski definition) is 1. The minimum absolute atomic E-state index is 0.105. The first-order valence-corrected chi connectivity index (χ1v) is 5.68. The number of carboxylic acids is 1. The van der Waals surface area contributed by atoms with Crippen molar-refractivity contribution in [1.29, 1.82) is 0 Å². The maximum Gasteiger partial charge on any atom is 0.325 e. The third kappa shape index (κ3) is 1.57. The highest BCUT2D eigenvalue weighted by Gasteiger charge is 2.42. The molecule has 94 valence electrons. The zero-order valence-corrected chi connectivity index (χ0v) is 9.57. The minimum atomic E-state index is -1.00. The molecule has 1 fully saturated rings. The van der Waals surface area contributed by atoms with Crippen LogP contribution in [0.15, 0.2) is 24.3 Å². The summed E-state index contributed by atoms with van der Waals surface area (Å²) in [6, 6.07) is 6.92. The first-order valence-electron chi connectivity index (χ1n) is 5.68. The van der Waals surface area contributed by atoms with Gasteiger partial charge in [0.05, 0.1) is 11.7 Å². The SMILES string of the molecule is O=C(O)CN1CC2COc3ccccc3N2C1=O. The van der Waals surface area contributed by atoms with E-state index in [1.165, 1.54) is 4.90 Å². The van der Waals surface area contributed by atoms with Crippen molar-refractivity contribution in [3.63, 3.8) is 0 Å². The van der Waals surface area contributed by atoms with Gasteiger partial charge < -0.3 is 14.7 Å². The Bertz CT molecular complexity index is 517. The smallest absolute Gasteiger partial charge is 0.325 e. The number of carbonyl (C=O) groups is 2. The van der Waals surface area contributed by atoms with Crippen LogP contribution in [0, 0.1) is 0 Å². The van der Waals surface area contributed by atoms with Crippen LogP contribution in [0.3, 0.4) is 0 Å². The Morgan fingerprint density at radius 3 is 3.00 bits per heavy atom. The van der Waals surface area contributed by atoms with Crippen LogP contribution in [0.1, 0.15) is 0 Å². The molecule has 0 radical (unpaired) electrons. The Morgan fingerprint density at radius 2 is 2.22 bits per heavy atom. The molecule has 3 rings (SSSR count). The minimum Gasteiger partial charge on any atom is -0.489 e. The van der Waals surface area contributed by atoms with Gasteiger partial charge in [0.25, 0.3) is 0 Å². The van der Waals surface area contributed by atoms with Crippen LogP contribution in [-0.2, 0) is 4.79 Å². The van der Waals surface area contributed by atoms with Crippen LogP contribution in [0.2, 0.25) is 0 Å². The van der Waals surface area contributed by atoms with Crippen molar-refractivity contribution in [2.24, 2.45) is 0 Å². The third-order valence-corrected chi connectivity index (χ3v) is 3.16. The highest BCUT2D eigenvalue weighted by atomic mass is 16.5. The fourth-order valence-corrected chi connectivity index (χ4v) is 2.41. The van der Waals surface area contributed by atoms with Gasteiger partial charge in [0.2, 0.25) is 0 Å². The van der Waals surface area contributed by atoms with Crippen molar-refractivity contribution in [2.75, 3.05) is 24.6 Å². The number of fused-ring (bicyclic) bond motifs is 3. The van der Waals surface area contributed by atoms with Crippen LogP contribution in [-0.4, -0.2) is 47.7 Å². The topological polar surface area (TPSA) is 70.1 Å². The fraction of sp³-hybridized carbons (Fsp3) is 0.333. The van der Waals surface area contributed by atoms with Crippen molar-refractivity contribution in [3.8, 4) is 5.75 Å². The van der Waals surface area contributed by atoms with Crippen LogP contribution in [0.25, 0.3) is 0 Å². The number of carbonyl (C=O) groups excluding carboxylic acids is 1. The first-order chi connectivity index (χ1) is 8.66. The van der Waals surface area contributed by atoms with Gasteiger partial charge in [-0.15, -0.1) is 0 Å². The molecule has 1 saturated heterocycles. The number of rotatable bonds is 2. The molecule has 1 aromatic rings. The van der Waals surface area contributed by atoms with Crippen molar-refractivity contribution in [2.45, 2.75) is 6.04 Å². The number of hydrogen-bond acceptors (Lipinski definition) is 3. The molecule has 1 unspecified atom stereocenters. The van der Waals surface area contributed by atoms with Crippen LogP contribution in [0.4, 0.5) is 10.5 Å². The van der Waals surface area contributed by atoms with E-state index in [-0.39, 0.29) is 18.6 Å². The van der Waals surface area contributed by atoms with Crippen LogP contribution >= 0.6 is 0 Å². The third-order valence-electron chi connectivity index (χ3n) is 3.16. The molecule has 1 aromatic carbocycles. The second-order valence-electron chi connectivity index (χ2n) is 4.36. The summed E-state index contributed by atoms with van der Waals surface area (Å²) in [7, 11) is 0. The quantitative estimate of drug-likeness (QED) is 0.839. The number of ether oxygens (including phenoxy) is 1. The molecular weight excluding hydrogens is 236 g/mol. The number of anilines is 1. The molecule has 2 aliphatic heterocycles. The molecule has 0 spiro atoms.